The van der Waals surface area contributed by atoms with Crippen molar-refractivity contribution in [2.75, 3.05) is 26.9 Å². The van der Waals surface area contributed by atoms with Crippen LogP contribution in [0.15, 0.2) is 42.6 Å². The Hall–Kier alpha value is -4.61. The van der Waals surface area contributed by atoms with Crippen LogP contribution in [0.5, 0.6) is 11.6 Å². The number of benzene rings is 1. The first-order valence-electron chi connectivity index (χ1n) is 17.7. The fourth-order valence-electron chi connectivity index (χ4n) is 7.15. The Morgan fingerprint density at radius 3 is 2.78 bits per heavy atom. The van der Waals surface area contributed by atoms with Crippen molar-refractivity contribution in [1.29, 1.82) is 0 Å². The van der Waals surface area contributed by atoms with Gasteiger partial charge in [0, 0.05) is 34.9 Å². The number of hydrogen-bond acceptors (Lipinski definition) is 9. The van der Waals surface area contributed by atoms with Crippen LogP contribution in [0.4, 0.5) is 4.79 Å². The molecule has 4 heterocycles. The summed E-state index contributed by atoms with van der Waals surface area (Å²) in [7, 11) is 1.62. The molecule has 3 amide bonds. The summed E-state index contributed by atoms with van der Waals surface area (Å²) in [6.07, 6.45) is 13.1. The lowest BCUT2D eigenvalue weighted by molar-refractivity contribution is -0.150. The Bertz CT molecular complexity index is 1690. The lowest BCUT2D eigenvalue weighted by Crippen LogP contribution is -2.56. The van der Waals surface area contributed by atoms with Gasteiger partial charge in [0.1, 0.15) is 29.5 Å². The first kappa shape index (κ1) is 35.2. The molecule has 1 aromatic heterocycles. The van der Waals surface area contributed by atoms with Crippen LogP contribution in [0, 0.1) is 11.3 Å². The minimum atomic E-state index is -1.20. The molecule has 50 heavy (non-hydrogen) atoms. The van der Waals surface area contributed by atoms with Gasteiger partial charge in [0.05, 0.1) is 26.9 Å². The predicted molar refractivity (Wildman–Crippen MR) is 186 cm³/mol. The van der Waals surface area contributed by atoms with Crippen molar-refractivity contribution in [3.8, 4) is 11.6 Å². The number of aromatic nitrogens is 1. The summed E-state index contributed by atoms with van der Waals surface area (Å²) in [6.45, 7) is 6.12. The van der Waals surface area contributed by atoms with E-state index in [0.29, 0.717) is 37.3 Å². The number of nitrogens with zero attached hydrogens (tertiary/aromatic N) is 2. The van der Waals surface area contributed by atoms with Gasteiger partial charge in [0.25, 0.3) is 0 Å². The van der Waals surface area contributed by atoms with Crippen molar-refractivity contribution in [1.82, 2.24) is 20.5 Å². The molecule has 3 aliphatic heterocycles. The molecular weight excluding hydrogens is 640 g/mol. The Morgan fingerprint density at radius 2 is 1.98 bits per heavy atom. The average molecular weight is 689 g/mol. The molecule has 6 rings (SSSR count). The molecule has 1 aromatic carbocycles. The predicted octanol–water partition coefficient (Wildman–Crippen LogP) is 5.09. The van der Waals surface area contributed by atoms with Crippen LogP contribution in [0.3, 0.4) is 0 Å². The van der Waals surface area contributed by atoms with Crippen LogP contribution in [-0.4, -0.2) is 84.4 Å². The van der Waals surface area contributed by atoms with Crippen molar-refractivity contribution in [3.05, 3.63) is 48.2 Å². The third kappa shape index (κ3) is 7.58. The van der Waals surface area contributed by atoms with Gasteiger partial charge >= 0.3 is 12.1 Å². The van der Waals surface area contributed by atoms with E-state index in [1.807, 2.05) is 56.4 Å². The highest BCUT2D eigenvalue weighted by Gasteiger charge is 2.62. The summed E-state index contributed by atoms with van der Waals surface area (Å²) in [5.41, 5.74) is -0.778. The van der Waals surface area contributed by atoms with Crippen LogP contribution in [0.25, 0.3) is 16.8 Å². The Morgan fingerprint density at radius 1 is 1.14 bits per heavy atom. The number of hydrogen-bond donors (Lipinski definition) is 2. The minimum Gasteiger partial charge on any atom is -0.496 e. The Balaban J connectivity index is 1.39. The van der Waals surface area contributed by atoms with Crippen molar-refractivity contribution < 1.29 is 38.1 Å². The summed E-state index contributed by atoms with van der Waals surface area (Å²) in [4.78, 5) is 61.1. The molecule has 1 aliphatic carbocycles. The molecule has 5 bridgehead atoms. The minimum absolute atomic E-state index is 0.0773. The second kappa shape index (κ2) is 14.7. The normalized spacial score (nSPS) is 28.6. The molecule has 2 fully saturated rings. The lowest BCUT2D eigenvalue weighted by atomic mass is 9.90. The molecule has 0 radical (unpaired) electrons. The van der Waals surface area contributed by atoms with E-state index < -0.39 is 53.0 Å². The molecule has 0 unspecified atom stereocenters. The van der Waals surface area contributed by atoms with Gasteiger partial charge in [0.15, 0.2) is 0 Å². The number of methoxy groups -OCH3 is 1. The second-order valence-corrected chi connectivity index (χ2v) is 14.5. The van der Waals surface area contributed by atoms with Gasteiger partial charge in [0.2, 0.25) is 17.7 Å². The third-order valence-corrected chi connectivity index (χ3v) is 10.1. The fourth-order valence-corrected chi connectivity index (χ4v) is 7.15. The standard InChI is InChI=1S/C38H48N4O8/c1-5-48-35(45)38-21-26(38)13-9-7-6-8-10-14-29-34(44)42-22-27(20-30(42)32(43)41-38)50-33-28-18-25(31(47-4)19-24(28)15-17-39-33)12-11-16-37(2,3)23-49-36(46)40-29/h9,11-13,15,17-19,26-27,29-30H,5-8,10,14,16,20-23H2,1-4H3,(H,40,46)(H,41,43)/t26-,27-,29+,30+,38-/m1/s1. The number of rotatable bonds is 3. The van der Waals surface area contributed by atoms with Crippen LogP contribution in [-0.2, 0) is 23.9 Å². The fraction of sp³-hybridized carbons (Fsp3) is 0.553. The Kier molecular flexibility index (Phi) is 10.4. The zero-order valence-corrected chi connectivity index (χ0v) is 29.4. The molecule has 5 atom stereocenters. The molecule has 1 saturated carbocycles. The van der Waals surface area contributed by atoms with Crippen molar-refractivity contribution in [2.24, 2.45) is 11.3 Å². The summed E-state index contributed by atoms with van der Waals surface area (Å²) in [6, 6.07) is 3.87. The molecule has 2 N–H and O–H groups in total. The number of nitrogens with one attached hydrogen (secondary N) is 2. The van der Waals surface area contributed by atoms with Crippen LogP contribution in [0.1, 0.15) is 77.7 Å². The van der Waals surface area contributed by atoms with E-state index in [1.165, 1.54) is 4.90 Å². The highest BCUT2D eigenvalue weighted by Crippen LogP contribution is 2.46. The third-order valence-electron chi connectivity index (χ3n) is 10.1. The zero-order chi connectivity index (χ0) is 35.5. The maximum absolute atomic E-state index is 14.4. The first-order valence-corrected chi connectivity index (χ1v) is 17.7. The SMILES string of the molecule is CCOC(=O)[C@@]12C[C@H]1C=CCCCCC[C@@H]1NC(=O)OCC(C)(C)CC=Cc3cc4c(nccc4cc3OC)O[C@@H]3C[C@@H](C(=O)N2)N(C3)C1=O. The number of fused-ring (bicyclic) bond motifs is 4. The number of allylic oxidation sites excluding steroid dienone is 2. The van der Waals surface area contributed by atoms with E-state index in [-0.39, 0.29) is 32.1 Å². The van der Waals surface area contributed by atoms with Crippen molar-refractivity contribution in [3.63, 3.8) is 0 Å². The van der Waals surface area contributed by atoms with Crippen LogP contribution in [0.2, 0.25) is 0 Å². The number of alkyl carbamates (subject to hydrolysis) is 1. The number of pyridine rings is 1. The summed E-state index contributed by atoms with van der Waals surface area (Å²) >= 11 is 0. The van der Waals surface area contributed by atoms with Gasteiger partial charge in [-0.15, -0.1) is 0 Å². The monoisotopic (exact) mass is 688 g/mol. The Labute approximate surface area is 292 Å². The summed E-state index contributed by atoms with van der Waals surface area (Å²) in [5, 5.41) is 7.44. The van der Waals surface area contributed by atoms with Gasteiger partial charge in [-0.3, -0.25) is 9.59 Å². The number of carbonyl (C=O) groups is 4. The number of esters is 1. The molecule has 12 heteroatoms. The van der Waals surface area contributed by atoms with E-state index in [9.17, 15) is 19.2 Å². The smallest absolute Gasteiger partial charge is 0.407 e. The quantitative estimate of drug-likeness (QED) is 0.333. The van der Waals surface area contributed by atoms with E-state index in [0.717, 1.165) is 35.6 Å². The molecule has 0 spiro atoms. The largest absolute Gasteiger partial charge is 0.496 e. The number of carbonyl (C=O) groups excluding carboxylic acids is 4. The van der Waals surface area contributed by atoms with Crippen LogP contribution >= 0.6 is 0 Å². The van der Waals surface area contributed by atoms with E-state index in [2.05, 4.69) is 15.6 Å². The van der Waals surface area contributed by atoms with Gasteiger partial charge in [-0.2, -0.15) is 0 Å². The van der Waals surface area contributed by atoms with Crippen molar-refractivity contribution >= 4 is 40.7 Å². The second-order valence-electron chi connectivity index (χ2n) is 14.5. The molecule has 268 valence electrons. The summed E-state index contributed by atoms with van der Waals surface area (Å²) in [5.74, 6) is -0.517. The number of cyclic esters (lactones) is 1. The van der Waals surface area contributed by atoms with Gasteiger partial charge in [-0.25, -0.2) is 14.6 Å². The molecule has 2 aromatic rings. The van der Waals surface area contributed by atoms with Crippen molar-refractivity contribution in [2.45, 2.75) is 95.9 Å². The highest BCUT2D eigenvalue weighted by molar-refractivity contribution is 5.97. The first-order chi connectivity index (χ1) is 24.0. The van der Waals surface area contributed by atoms with E-state index in [4.69, 9.17) is 18.9 Å². The van der Waals surface area contributed by atoms with Gasteiger partial charge < -0.3 is 34.5 Å². The maximum Gasteiger partial charge on any atom is 0.407 e. The van der Waals surface area contributed by atoms with Crippen LogP contribution < -0.4 is 20.1 Å². The van der Waals surface area contributed by atoms with Gasteiger partial charge in [-0.1, -0.05) is 51.0 Å². The topological polar surface area (TPSA) is 145 Å². The molecule has 4 aliphatic rings. The van der Waals surface area contributed by atoms with E-state index >= 15 is 0 Å². The number of ether oxygens (including phenoxy) is 4. The summed E-state index contributed by atoms with van der Waals surface area (Å²) < 4.78 is 23.3. The maximum atomic E-state index is 14.4. The molecular formula is C38H48N4O8. The van der Waals surface area contributed by atoms with Gasteiger partial charge in [-0.05, 0) is 62.6 Å². The van der Waals surface area contributed by atoms with E-state index in [1.54, 1.807) is 20.2 Å². The zero-order valence-electron chi connectivity index (χ0n) is 29.4. The number of amides is 3. The molecule has 12 nitrogen and oxygen atoms in total. The molecule has 1 saturated heterocycles. The lowest BCUT2D eigenvalue weighted by Gasteiger charge is -2.30. The highest BCUT2D eigenvalue weighted by atomic mass is 16.6. The average Bonchev–Trinajstić information content (AvgIpc) is 3.62.